The third-order valence-corrected chi connectivity index (χ3v) is 3.62. The second-order valence-corrected chi connectivity index (χ2v) is 5.99. The molecule has 1 heterocycles. The van der Waals surface area contributed by atoms with Gasteiger partial charge < -0.3 is 5.11 Å². The number of halogens is 2. The molecule has 0 aliphatic rings. The van der Waals surface area contributed by atoms with Gasteiger partial charge in [0.05, 0.1) is 6.10 Å². The SMILES string of the molecule is OC(Cc1ccc(Br)cc1)Cc1ccc(Br)cn1. The number of benzene rings is 1. The molecule has 18 heavy (non-hydrogen) atoms. The molecule has 1 unspecified atom stereocenters. The second-order valence-electron chi connectivity index (χ2n) is 4.16. The standard InChI is InChI=1S/C14H13Br2NO/c15-11-3-1-10(2-4-11)7-14(18)8-13-6-5-12(16)9-17-13/h1-6,9,14,18H,7-8H2. The van der Waals surface area contributed by atoms with Crippen molar-refractivity contribution >= 4 is 31.9 Å². The predicted molar refractivity (Wildman–Crippen MR) is 79.5 cm³/mol. The van der Waals surface area contributed by atoms with Crippen LogP contribution in [0.3, 0.4) is 0 Å². The lowest BCUT2D eigenvalue weighted by atomic mass is 10.0. The van der Waals surface area contributed by atoms with Crippen molar-refractivity contribution in [3.05, 3.63) is 62.8 Å². The smallest absolute Gasteiger partial charge is 0.0635 e. The second kappa shape index (κ2) is 6.45. The van der Waals surface area contributed by atoms with Crippen molar-refractivity contribution in [2.75, 3.05) is 0 Å². The van der Waals surface area contributed by atoms with E-state index >= 15 is 0 Å². The number of aliphatic hydroxyl groups is 1. The first-order valence-electron chi connectivity index (χ1n) is 5.66. The summed E-state index contributed by atoms with van der Waals surface area (Å²) < 4.78 is 2.00. The maximum Gasteiger partial charge on any atom is 0.0635 e. The molecule has 2 aromatic rings. The third kappa shape index (κ3) is 4.19. The fraction of sp³-hybridized carbons (Fsp3) is 0.214. The molecular formula is C14H13Br2NO. The lowest BCUT2D eigenvalue weighted by molar-refractivity contribution is 0.174. The minimum absolute atomic E-state index is 0.403. The Morgan fingerprint density at radius 3 is 2.22 bits per heavy atom. The van der Waals surface area contributed by atoms with E-state index in [2.05, 4.69) is 36.8 Å². The van der Waals surface area contributed by atoms with Gasteiger partial charge in [-0.1, -0.05) is 28.1 Å². The number of hydrogen-bond acceptors (Lipinski definition) is 2. The Morgan fingerprint density at radius 2 is 1.61 bits per heavy atom. The normalized spacial score (nSPS) is 12.4. The Labute approximate surface area is 123 Å². The van der Waals surface area contributed by atoms with Crippen molar-refractivity contribution < 1.29 is 5.11 Å². The van der Waals surface area contributed by atoms with E-state index in [1.807, 2.05) is 36.4 Å². The Kier molecular flexibility index (Phi) is 4.92. The van der Waals surface area contributed by atoms with Crippen LogP contribution in [-0.2, 0) is 12.8 Å². The zero-order chi connectivity index (χ0) is 13.0. The van der Waals surface area contributed by atoms with Crippen LogP contribution < -0.4 is 0 Å². The van der Waals surface area contributed by atoms with Gasteiger partial charge in [0, 0.05) is 27.3 Å². The van der Waals surface area contributed by atoms with Crippen LogP contribution in [0.1, 0.15) is 11.3 Å². The van der Waals surface area contributed by atoms with Gasteiger partial charge in [-0.05, 0) is 52.2 Å². The number of aliphatic hydroxyl groups excluding tert-OH is 1. The summed E-state index contributed by atoms with van der Waals surface area (Å²) in [5.41, 5.74) is 2.03. The monoisotopic (exact) mass is 369 g/mol. The van der Waals surface area contributed by atoms with E-state index in [9.17, 15) is 5.11 Å². The van der Waals surface area contributed by atoms with Gasteiger partial charge in [0.1, 0.15) is 0 Å². The van der Waals surface area contributed by atoms with Crippen LogP contribution in [0.5, 0.6) is 0 Å². The Morgan fingerprint density at radius 1 is 0.944 bits per heavy atom. The van der Waals surface area contributed by atoms with Crippen LogP contribution in [0.4, 0.5) is 0 Å². The van der Waals surface area contributed by atoms with Gasteiger partial charge in [0.15, 0.2) is 0 Å². The van der Waals surface area contributed by atoms with E-state index in [1.54, 1.807) is 6.20 Å². The van der Waals surface area contributed by atoms with Crippen molar-refractivity contribution in [1.82, 2.24) is 4.98 Å². The summed E-state index contributed by atoms with van der Waals surface area (Å²) in [5.74, 6) is 0. The summed E-state index contributed by atoms with van der Waals surface area (Å²) in [6, 6.07) is 11.9. The minimum Gasteiger partial charge on any atom is -0.392 e. The highest BCUT2D eigenvalue weighted by Gasteiger charge is 2.07. The Bertz CT molecular complexity index is 449. The average Bonchev–Trinajstić information content (AvgIpc) is 2.35. The molecule has 0 saturated heterocycles. The van der Waals surface area contributed by atoms with Crippen LogP contribution in [0.15, 0.2) is 51.5 Å². The maximum absolute atomic E-state index is 10.0. The quantitative estimate of drug-likeness (QED) is 0.888. The molecule has 94 valence electrons. The highest BCUT2D eigenvalue weighted by atomic mass is 79.9. The van der Waals surface area contributed by atoms with Crippen molar-refractivity contribution in [1.29, 1.82) is 0 Å². The fourth-order valence-corrected chi connectivity index (χ4v) is 2.23. The summed E-state index contributed by atoms with van der Waals surface area (Å²) in [6.07, 6.45) is 2.57. The average molecular weight is 371 g/mol. The molecule has 1 atom stereocenters. The molecule has 0 aliphatic heterocycles. The number of aromatic nitrogens is 1. The molecule has 0 saturated carbocycles. The van der Waals surface area contributed by atoms with Crippen molar-refractivity contribution in [2.24, 2.45) is 0 Å². The molecule has 0 bridgehead atoms. The van der Waals surface area contributed by atoms with Gasteiger partial charge in [0.2, 0.25) is 0 Å². The topological polar surface area (TPSA) is 33.1 Å². The molecule has 1 aromatic carbocycles. The van der Waals surface area contributed by atoms with E-state index in [1.165, 1.54) is 0 Å². The van der Waals surface area contributed by atoms with Crippen molar-refractivity contribution in [2.45, 2.75) is 18.9 Å². The molecule has 2 rings (SSSR count). The van der Waals surface area contributed by atoms with Gasteiger partial charge >= 0.3 is 0 Å². The van der Waals surface area contributed by atoms with E-state index in [4.69, 9.17) is 0 Å². The lowest BCUT2D eigenvalue weighted by Crippen LogP contribution is -2.14. The molecule has 4 heteroatoms. The molecule has 0 aliphatic carbocycles. The molecule has 0 fully saturated rings. The Hall–Kier alpha value is -0.710. The largest absolute Gasteiger partial charge is 0.392 e. The fourth-order valence-electron chi connectivity index (χ4n) is 1.73. The van der Waals surface area contributed by atoms with Crippen LogP contribution in [0.2, 0.25) is 0 Å². The maximum atomic E-state index is 10.0. The summed E-state index contributed by atoms with van der Waals surface area (Å²) in [4.78, 5) is 4.26. The lowest BCUT2D eigenvalue weighted by Gasteiger charge is -2.10. The van der Waals surface area contributed by atoms with E-state index in [0.717, 1.165) is 20.2 Å². The first kappa shape index (κ1) is 13.7. The first-order valence-corrected chi connectivity index (χ1v) is 7.25. The molecule has 0 amide bonds. The minimum atomic E-state index is -0.403. The summed E-state index contributed by atoms with van der Waals surface area (Å²) in [6.45, 7) is 0. The summed E-state index contributed by atoms with van der Waals surface area (Å²) >= 11 is 6.74. The molecule has 1 aromatic heterocycles. The van der Waals surface area contributed by atoms with Gasteiger partial charge in [-0.15, -0.1) is 0 Å². The molecule has 2 nitrogen and oxygen atoms in total. The van der Waals surface area contributed by atoms with Crippen LogP contribution in [0, 0.1) is 0 Å². The predicted octanol–water partition coefficient (Wildman–Crippen LogP) is 3.75. The molecular weight excluding hydrogens is 358 g/mol. The molecule has 0 radical (unpaired) electrons. The number of nitrogens with zero attached hydrogens (tertiary/aromatic N) is 1. The first-order chi connectivity index (χ1) is 8.63. The van der Waals surface area contributed by atoms with E-state index in [-0.39, 0.29) is 0 Å². The summed E-state index contributed by atoms with van der Waals surface area (Å²) in [7, 11) is 0. The molecule has 0 spiro atoms. The zero-order valence-electron chi connectivity index (χ0n) is 9.68. The number of hydrogen-bond donors (Lipinski definition) is 1. The highest BCUT2D eigenvalue weighted by Crippen LogP contribution is 2.14. The van der Waals surface area contributed by atoms with Gasteiger partial charge in [0.25, 0.3) is 0 Å². The highest BCUT2D eigenvalue weighted by molar-refractivity contribution is 9.10. The van der Waals surface area contributed by atoms with Crippen LogP contribution in [-0.4, -0.2) is 16.2 Å². The van der Waals surface area contributed by atoms with Crippen LogP contribution >= 0.6 is 31.9 Å². The van der Waals surface area contributed by atoms with Crippen molar-refractivity contribution in [3.63, 3.8) is 0 Å². The number of rotatable bonds is 4. The molecule has 1 N–H and O–H groups in total. The van der Waals surface area contributed by atoms with E-state index < -0.39 is 6.10 Å². The van der Waals surface area contributed by atoms with Crippen LogP contribution in [0.25, 0.3) is 0 Å². The zero-order valence-corrected chi connectivity index (χ0v) is 12.9. The summed E-state index contributed by atoms with van der Waals surface area (Å²) in [5, 5.41) is 10.0. The van der Waals surface area contributed by atoms with Crippen molar-refractivity contribution in [3.8, 4) is 0 Å². The van der Waals surface area contributed by atoms with Gasteiger partial charge in [-0.3, -0.25) is 4.98 Å². The van der Waals surface area contributed by atoms with Gasteiger partial charge in [-0.25, -0.2) is 0 Å². The van der Waals surface area contributed by atoms with E-state index in [0.29, 0.717) is 12.8 Å². The third-order valence-electron chi connectivity index (χ3n) is 2.62. The van der Waals surface area contributed by atoms with Gasteiger partial charge in [-0.2, -0.15) is 0 Å². The number of pyridine rings is 1. The Balaban J connectivity index is 1.94.